The molecule has 0 radical (unpaired) electrons. The molecule has 2 aromatic rings. The van der Waals surface area contributed by atoms with Crippen LogP contribution in [0.25, 0.3) is 10.8 Å². The van der Waals surface area contributed by atoms with E-state index in [1.54, 1.807) is 25.3 Å². The predicted molar refractivity (Wildman–Crippen MR) is 78.3 cm³/mol. The summed E-state index contributed by atoms with van der Waals surface area (Å²) >= 11 is 0. The van der Waals surface area contributed by atoms with Crippen molar-refractivity contribution in [3.63, 3.8) is 0 Å². The SMILES string of the molecule is CC(CCNc1ccc([N+](=O)[O-])c2ccncc12)C(=O)O. The third-order valence-corrected chi connectivity index (χ3v) is 3.31. The number of benzene rings is 1. The number of carbonyl (C=O) groups is 1. The Hall–Kier alpha value is -2.70. The number of nitrogens with zero attached hydrogens (tertiary/aromatic N) is 2. The van der Waals surface area contributed by atoms with E-state index in [2.05, 4.69) is 10.3 Å². The summed E-state index contributed by atoms with van der Waals surface area (Å²) in [6.45, 7) is 2.11. The molecule has 1 unspecified atom stereocenters. The highest BCUT2D eigenvalue weighted by molar-refractivity contribution is 5.99. The van der Waals surface area contributed by atoms with E-state index in [1.807, 2.05) is 0 Å². The Bertz CT molecular complexity index is 687. The van der Waals surface area contributed by atoms with Gasteiger partial charge in [-0.2, -0.15) is 0 Å². The smallest absolute Gasteiger partial charge is 0.306 e. The van der Waals surface area contributed by atoms with Crippen molar-refractivity contribution in [1.29, 1.82) is 0 Å². The number of nitro benzene ring substituents is 1. The van der Waals surface area contributed by atoms with Gasteiger partial charge >= 0.3 is 5.97 Å². The van der Waals surface area contributed by atoms with Gasteiger partial charge in [0.05, 0.1) is 16.2 Å². The zero-order valence-electron chi connectivity index (χ0n) is 11.4. The van der Waals surface area contributed by atoms with Crippen molar-refractivity contribution in [2.75, 3.05) is 11.9 Å². The van der Waals surface area contributed by atoms with E-state index in [-0.39, 0.29) is 5.69 Å². The zero-order valence-corrected chi connectivity index (χ0v) is 11.4. The molecular formula is C14H15N3O4. The van der Waals surface area contributed by atoms with Gasteiger partial charge in [-0.25, -0.2) is 0 Å². The van der Waals surface area contributed by atoms with Crippen LogP contribution >= 0.6 is 0 Å². The Morgan fingerprint density at radius 3 is 2.86 bits per heavy atom. The van der Waals surface area contributed by atoms with Gasteiger partial charge in [-0.1, -0.05) is 6.92 Å². The average molecular weight is 289 g/mol. The normalized spacial score (nSPS) is 12.0. The molecule has 0 amide bonds. The van der Waals surface area contributed by atoms with Gasteiger partial charge in [-0.3, -0.25) is 19.9 Å². The minimum atomic E-state index is -0.841. The second-order valence-corrected chi connectivity index (χ2v) is 4.77. The molecule has 110 valence electrons. The Balaban J connectivity index is 2.23. The average Bonchev–Trinajstić information content (AvgIpc) is 2.46. The molecule has 7 heteroatoms. The van der Waals surface area contributed by atoms with Crippen LogP contribution in [0.2, 0.25) is 0 Å². The lowest BCUT2D eigenvalue weighted by Gasteiger charge is -2.11. The molecule has 0 aliphatic rings. The third kappa shape index (κ3) is 3.25. The van der Waals surface area contributed by atoms with Crippen LogP contribution in [0.5, 0.6) is 0 Å². The van der Waals surface area contributed by atoms with Gasteiger partial charge in [0.2, 0.25) is 0 Å². The summed E-state index contributed by atoms with van der Waals surface area (Å²) in [6, 6.07) is 4.65. The van der Waals surface area contributed by atoms with Crippen molar-refractivity contribution in [2.24, 2.45) is 5.92 Å². The molecule has 2 rings (SSSR count). The molecule has 1 atom stereocenters. The monoisotopic (exact) mass is 289 g/mol. The van der Waals surface area contributed by atoms with Gasteiger partial charge in [0, 0.05) is 36.1 Å². The maximum atomic E-state index is 11.0. The molecule has 0 bridgehead atoms. The summed E-state index contributed by atoms with van der Waals surface area (Å²) in [4.78, 5) is 25.3. The number of hydrogen-bond acceptors (Lipinski definition) is 5. The lowest BCUT2D eigenvalue weighted by Crippen LogP contribution is -2.14. The lowest BCUT2D eigenvalue weighted by molar-refractivity contribution is -0.383. The van der Waals surface area contributed by atoms with Crippen molar-refractivity contribution in [3.05, 3.63) is 40.7 Å². The van der Waals surface area contributed by atoms with Crippen LogP contribution in [0, 0.1) is 16.0 Å². The number of nitrogens with one attached hydrogen (secondary N) is 1. The van der Waals surface area contributed by atoms with Gasteiger partial charge in [0.25, 0.3) is 5.69 Å². The molecule has 21 heavy (non-hydrogen) atoms. The fourth-order valence-corrected chi connectivity index (χ4v) is 2.03. The second-order valence-electron chi connectivity index (χ2n) is 4.77. The summed E-state index contributed by atoms with van der Waals surface area (Å²) in [7, 11) is 0. The van der Waals surface area contributed by atoms with Crippen LogP contribution in [0.3, 0.4) is 0 Å². The van der Waals surface area contributed by atoms with E-state index in [0.29, 0.717) is 29.4 Å². The quantitative estimate of drug-likeness (QED) is 0.625. The van der Waals surface area contributed by atoms with E-state index < -0.39 is 16.8 Å². The molecule has 0 saturated heterocycles. The molecule has 2 N–H and O–H groups in total. The van der Waals surface area contributed by atoms with Crippen LogP contribution in [-0.4, -0.2) is 27.5 Å². The van der Waals surface area contributed by atoms with E-state index >= 15 is 0 Å². The van der Waals surface area contributed by atoms with Crippen molar-refractivity contribution in [3.8, 4) is 0 Å². The molecule has 0 aliphatic carbocycles. The fraction of sp³-hybridized carbons (Fsp3) is 0.286. The zero-order chi connectivity index (χ0) is 15.4. The van der Waals surface area contributed by atoms with E-state index in [0.717, 1.165) is 0 Å². The first-order valence-corrected chi connectivity index (χ1v) is 6.48. The van der Waals surface area contributed by atoms with Gasteiger partial charge in [0.15, 0.2) is 0 Å². The van der Waals surface area contributed by atoms with Gasteiger partial charge in [-0.05, 0) is 18.6 Å². The maximum absolute atomic E-state index is 11.0. The molecule has 0 spiro atoms. The van der Waals surface area contributed by atoms with E-state index in [9.17, 15) is 14.9 Å². The highest BCUT2D eigenvalue weighted by Gasteiger charge is 2.15. The summed E-state index contributed by atoms with van der Waals surface area (Å²) in [5.41, 5.74) is 0.734. The number of anilines is 1. The number of hydrogen-bond donors (Lipinski definition) is 2. The number of nitro groups is 1. The van der Waals surface area contributed by atoms with Crippen molar-refractivity contribution in [2.45, 2.75) is 13.3 Å². The molecule has 1 aromatic heterocycles. The highest BCUT2D eigenvalue weighted by Crippen LogP contribution is 2.30. The number of rotatable bonds is 6. The number of pyridine rings is 1. The maximum Gasteiger partial charge on any atom is 0.306 e. The van der Waals surface area contributed by atoms with Crippen molar-refractivity contribution >= 4 is 28.1 Å². The summed E-state index contributed by atoms with van der Waals surface area (Å²) in [5, 5.41) is 24.1. The number of carboxylic acids is 1. The van der Waals surface area contributed by atoms with Crippen molar-refractivity contribution < 1.29 is 14.8 Å². The van der Waals surface area contributed by atoms with Gasteiger partial charge in [-0.15, -0.1) is 0 Å². The standard InChI is InChI=1S/C14H15N3O4/c1-9(14(18)19)4-7-16-12-2-3-13(17(20)21)10-5-6-15-8-11(10)12/h2-3,5-6,8-9,16H,4,7H2,1H3,(H,18,19). The first-order valence-electron chi connectivity index (χ1n) is 6.48. The molecular weight excluding hydrogens is 274 g/mol. The minimum absolute atomic E-state index is 0.0249. The van der Waals surface area contributed by atoms with E-state index in [1.165, 1.54) is 12.3 Å². The number of fused-ring (bicyclic) bond motifs is 1. The largest absolute Gasteiger partial charge is 0.481 e. The Morgan fingerprint density at radius 2 is 2.19 bits per heavy atom. The molecule has 1 aromatic carbocycles. The topological polar surface area (TPSA) is 105 Å². The summed E-state index contributed by atoms with van der Waals surface area (Å²) in [6.07, 6.45) is 3.53. The van der Waals surface area contributed by atoms with Gasteiger partial charge in [0.1, 0.15) is 0 Å². The third-order valence-electron chi connectivity index (χ3n) is 3.31. The Morgan fingerprint density at radius 1 is 1.43 bits per heavy atom. The number of aromatic nitrogens is 1. The molecule has 1 heterocycles. The minimum Gasteiger partial charge on any atom is -0.481 e. The number of non-ortho nitro benzene ring substituents is 1. The molecule has 0 fully saturated rings. The molecule has 0 saturated carbocycles. The molecule has 0 aliphatic heterocycles. The van der Waals surface area contributed by atoms with Crippen LogP contribution in [-0.2, 0) is 4.79 Å². The highest BCUT2D eigenvalue weighted by atomic mass is 16.6. The Kier molecular flexibility index (Phi) is 4.32. The lowest BCUT2D eigenvalue weighted by atomic mass is 10.1. The van der Waals surface area contributed by atoms with Gasteiger partial charge < -0.3 is 10.4 Å². The second kappa shape index (κ2) is 6.17. The Labute approximate surface area is 120 Å². The summed E-state index contributed by atoms with van der Waals surface area (Å²) < 4.78 is 0. The van der Waals surface area contributed by atoms with Crippen LogP contribution in [0.1, 0.15) is 13.3 Å². The van der Waals surface area contributed by atoms with Crippen LogP contribution < -0.4 is 5.32 Å². The summed E-state index contributed by atoms with van der Waals surface area (Å²) in [5.74, 6) is -1.29. The van der Waals surface area contributed by atoms with Crippen LogP contribution in [0.15, 0.2) is 30.6 Å². The van der Waals surface area contributed by atoms with Crippen LogP contribution in [0.4, 0.5) is 11.4 Å². The fourth-order valence-electron chi connectivity index (χ4n) is 2.03. The predicted octanol–water partition coefficient (Wildman–Crippen LogP) is 2.67. The molecule has 7 nitrogen and oxygen atoms in total. The number of carboxylic acid groups (broad SMARTS) is 1. The first kappa shape index (κ1) is 14.7. The first-order chi connectivity index (χ1) is 10.0. The van der Waals surface area contributed by atoms with Crippen molar-refractivity contribution in [1.82, 2.24) is 4.98 Å². The van der Waals surface area contributed by atoms with E-state index in [4.69, 9.17) is 5.11 Å². The number of aliphatic carboxylic acids is 1.